The molecule has 0 bridgehead atoms. The van der Waals surface area contributed by atoms with Crippen LogP contribution in [0.5, 0.6) is 0 Å². The number of Topliss-reactive ketones (excluding diaryl/α,β-unsaturated/α-hetero) is 1. The molecule has 0 unspecified atom stereocenters. The van der Waals surface area contributed by atoms with Gasteiger partial charge in [-0.2, -0.15) is 4.98 Å². The molecule has 0 spiro atoms. The molecule has 0 aliphatic rings. The van der Waals surface area contributed by atoms with E-state index in [9.17, 15) is 9.18 Å². The zero-order chi connectivity index (χ0) is 14.7. The molecule has 106 valence electrons. The maximum Gasteiger partial charge on any atom is 0.234 e. The lowest BCUT2D eigenvalue weighted by Crippen LogP contribution is -2.06. The van der Waals surface area contributed by atoms with Gasteiger partial charge in [0.2, 0.25) is 11.7 Å². The number of nitrogens with zero attached hydrogens (tertiary/aromatic N) is 2. The standard InChI is InChI=1S/C15H17FN2O2/c1-9(2)6-12(19)8-14-17-15(18-20-14)13-7-11(16)5-4-10(13)3/h4-5,7,9H,6,8H2,1-3H3. The molecule has 0 fully saturated rings. The lowest BCUT2D eigenvalue weighted by atomic mass is 10.1. The van der Waals surface area contributed by atoms with Crippen LogP contribution in [0.25, 0.3) is 11.4 Å². The summed E-state index contributed by atoms with van der Waals surface area (Å²) in [5.41, 5.74) is 1.43. The fourth-order valence-electron chi connectivity index (χ4n) is 1.97. The third-order valence-electron chi connectivity index (χ3n) is 2.89. The van der Waals surface area contributed by atoms with E-state index in [1.807, 2.05) is 20.8 Å². The number of rotatable bonds is 5. The molecule has 0 amide bonds. The Bertz CT molecular complexity index is 620. The Morgan fingerprint density at radius 1 is 1.40 bits per heavy atom. The summed E-state index contributed by atoms with van der Waals surface area (Å²) < 4.78 is 18.3. The maximum absolute atomic E-state index is 13.3. The number of aryl methyl sites for hydroxylation is 1. The summed E-state index contributed by atoms with van der Waals surface area (Å²) in [5, 5.41) is 3.82. The van der Waals surface area contributed by atoms with Crippen LogP contribution in [0.2, 0.25) is 0 Å². The second kappa shape index (κ2) is 5.94. The highest BCUT2D eigenvalue weighted by Crippen LogP contribution is 2.21. The first-order valence-electron chi connectivity index (χ1n) is 6.56. The van der Waals surface area contributed by atoms with Crippen molar-refractivity contribution in [2.75, 3.05) is 0 Å². The Morgan fingerprint density at radius 2 is 2.15 bits per heavy atom. The van der Waals surface area contributed by atoms with Crippen molar-refractivity contribution >= 4 is 5.78 Å². The zero-order valence-corrected chi connectivity index (χ0v) is 11.8. The van der Waals surface area contributed by atoms with E-state index in [4.69, 9.17) is 4.52 Å². The van der Waals surface area contributed by atoms with Crippen LogP contribution in [-0.4, -0.2) is 15.9 Å². The van der Waals surface area contributed by atoms with E-state index in [0.717, 1.165) is 5.56 Å². The highest BCUT2D eigenvalue weighted by atomic mass is 19.1. The fourth-order valence-corrected chi connectivity index (χ4v) is 1.97. The fraction of sp³-hybridized carbons (Fsp3) is 0.400. The van der Waals surface area contributed by atoms with Gasteiger partial charge >= 0.3 is 0 Å². The Kier molecular flexibility index (Phi) is 4.27. The number of ketones is 1. The SMILES string of the molecule is Cc1ccc(F)cc1-c1noc(CC(=O)CC(C)C)n1. The lowest BCUT2D eigenvalue weighted by Gasteiger charge is -2.00. The molecule has 0 N–H and O–H groups in total. The minimum absolute atomic E-state index is 0.0613. The first kappa shape index (κ1) is 14.4. The molecular formula is C15H17FN2O2. The van der Waals surface area contributed by atoms with E-state index in [-0.39, 0.29) is 23.9 Å². The van der Waals surface area contributed by atoms with Crippen molar-refractivity contribution in [2.24, 2.45) is 5.92 Å². The molecule has 0 saturated heterocycles. The third kappa shape index (κ3) is 3.50. The number of hydrogen-bond donors (Lipinski definition) is 0. The number of halogens is 1. The van der Waals surface area contributed by atoms with Gasteiger partial charge < -0.3 is 4.52 Å². The van der Waals surface area contributed by atoms with Gasteiger partial charge in [0.05, 0.1) is 6.42 Å². The van der Waals surface area contributed by atoms with Crippen molar-refractivity contribution in [3.63, 3.8) is 0 Å². The Labute approximate surface area is 117 Å². The normalized spacial score (nSPS) is 11.1. The average molecular weight is 276 g/mol. The van der Waals surface area contributed by atoms with Gasteiger partial charge in [-0.15, -0.1) is 0 Å². The van der Waals surface area contributed by atoms with Crippen LogP contribution in [0, 0.1) is 18.7 Å². The number of benzene rings is 1. The van der Waals surface area contributed by atoms with E-state index < -0.39 is 0 Å². The first-order chi connectivity index (χ1) is 9.45. The highest BCUT2D eigenvalue weighted by molar-refractivity contribution is 5.80. The second-order valence-electron chi connectivity index (χ2n) is 5.28. The molecule has 0 atom stereocenters. The largest absolute Gasteiger partial charge is 0.339 e. The minimum atomic E-state index is -0.354. The summed E-state index contributed by atoms with van der Waals surface area (Å²) in [6, 6.07) is 4.40. The van der Waals surface area contributed by atoms with E-state index in [1.54, 1.807) is 6.07 Å². The van der Waals surface area contributed by atoms with Crippen LogP contribution >= 0.6 is 0 Å². The third-order valence-corrected chi connectivity index (χ3v) is 2.89. The van der Waals surface area contributed by atoms with Crippen molar-refractivity contribution in [1.82, 2.24) is 10.1 Å². The van der Waals surface area contributed by atoms with Crippen LogP contribution in [0.1, 0.15) is 31.7 Å². The molecule has 5 heteroatoms. The van der Waals surface area contributed by atoms with Crippen LogP contribution in [0.15, 0.2) is 22.7 Å². The number of aromatic nitrogens is 2. The summed E-state index contributed by atoms with van der Waals surface area (Å²) in [7, 11) is 0. The van der Waals surface area contributed by atoms with Crippen LogP contribution < -0.4 is 0 Å². The predicted octanol–water partition coefficient (Wildman–Crippen LogP) is 3.34. The molecule has 2 rings (SSSR count). The quantitative estimate of drug-likeness (QED) is 0.840. The Morgan fingerprint density at radius 3 is 2.85 bits per heavy atom. The van der Waals surface area contributed by atoms with Crippen molar-refractivity contribution < 1.29 is 13.7 Å². The van der Waals surface area contributed by atoms with Gasteiger partial charge in [0.15, 0.2) is 0 Å². The number of carbonyl (C=O) groups excluding carboxylic acids is 1. The summed E-state index contributed by atoms with van der Waals surface area (Å²) >= 11 is 0. The van der Waals surface area contributed by atoms with Gasteiger partial charge in [0, 0.05) is 12.0 Å². The lowest BCUT2D eigenvalue weighted by molar-refractivity contribution is -0.119. The van der Waals surface area contributed by atoms with E-state index >= 15 is 0 Å². The van der Waals surface area contributed by atoms with Gasteiger partial charge in [-0.3, -0.25) is 4.79 Å². The van der Waals surface area contributed by atoms with Crippen molar-refractivity contribution in [2.45, 2.75) is 33.6 Å². The van der Waals surface area contributed by atoms with E-state index in [1.165, 1.54) is 12.1 Å². The number of carbonyl (C=O) groups is 1. The molecule has 1 heterocycles. The smallest absolute Gasteiger partial charge is 0.234 e. The Hall–Kier alpha value is -2.04. The topological polar surface area (TPSA) is 56.0 Å². The average Bonchev–Trinajstić information content (AvgIpc) is 2.79. The van der Waals surface area contributed by atoms with E-state index in [2.05, 4.69) is 10.1 Å². The van der Waals surface area contributed by atoms with Gasteiger partial charge in [0.25, 0.3) is 0 Å². The summed E-state index contributed by atoms with van der Waals surface area (Å²) in [6.45, 7) is 5.80. The van der Waals surface area contributed by atoms with Gasteiger partial charge in [-0.25, -0.2) is 4.39 Å². The molecule has 2 aromatic rings. The van der Waals surface area contributed by atoms with E-state index in [0.29, 0.717) is 23.7 Å². The predicted molar refractivity (Wildman–Crippen MR) is 72.6 cm³/mol. The second-order valence-corrected chi connectivity index (χ2v) is 5.28. The molecular weight excluding hydrogens is 259 g/mol. The molecule has 1 aromatic carbocycles. The summed E-state index contributed by atoms with van der Waals surface area (Å²) in [4.78, 5) is 15.9. The Balaban J connectivity index is 2.16. The molecule has 20 heavy (non-hydrogen) atoms. The first-order valence-corrected chi connectivity index (χ1v) is 6.56. The van der Waals surface area contributed by atoms with Crippen molar-refractivity contribution in [1.29, 1.82) is 0 Å². The monoisotopic (exact) mass is 276 g/mol. The minimum Gasteiger partial charge on any atom is -0.339 e. The summed E-state index contributed by atoms with van der Waals surface area (Å²) in [6.07, 6.45) is 0.607. The molecule has 0 aliphatic carbocycles. The van der Waals surface area contributed by atoms with Crippen LogP contribution in [0.3, 0.4) is 0 Å². The van der Waals surface area contributed by atoms with Crippen molar-refractivity contribution in [3.8, 4) is 11.4 Å². The van der Waals surface area contributed by atoms with Crippen LogP contribution in [0.4, 0.5) is 4.39 Å². The van der Waals surface area contributed by atoms with Gasteiger partial charge in [0.1, 0.15) is 11.6 Å². The maximum atomic E-state index is 13.3. The highest BCUT2D eigenvalue weighted by Gasteiger charge is 2.15. The van der Waals surface area contributed by atoms with Crippen molar-refractivity contribution in [3.05, 3.63) is 35.5 Å². The molecule has 1 aromatic heterocycles. The zero-order valence-electron chi connectivity index (χ0n) is 11.8. The van der Waals surface area contributed by atoms with Gasteiger partial charge in [-0.1, -0.05) is 25.1 Å². The summed E-state index contributed by atoms with van der Waals surface area (Å²) in [5.74, 6) is 0.595. The molecule has 4 nitrogen and oxygen atoms in total. The molecule has 0 saturated carbocycles. The molecule has 0 aliphatic heterocycles. The number of hydrogen-bond acceptors (Lipinski definition) is 4. The van der Waals surface area contributed by atoms with Crippen LogP contribution in [-0.2, 0) is 11.2 Å². The van der Waals surface area contributed by atoms with Gasteiger partial charge in [-0.05, 0) is 30.5 Å². The molecule has 0 radical (unpaired) electrons.